The zero-order valence-electron chi connectivity index (χ0n) is 16.3. The number of nitrogens with zero attached hydrogens (tertiary/aromatic N) is 2. The fourth-order valence-electron chi connectivity index (χ4n) is 4.25. The largest absolute Gasteiger partial charge is 0.342 e. The predicted molar refractivity (Wildman–Crippen MR) is 116 cm³/mol. The summed E-state index contributed by atoms with van der Waals surface area (Å²) >= 11 is 0. The molecular formula is C24H24N4O. The lowest BCUT2D eigenvalue weighted by atomic mass is 9.96. The number of hydrogen-bond acceptors (Lipinski definition) is 2. The van der Waals surface area contributed by atoms with Crippen LogP contribution in [0.15, 0.2) is 66.7 Å². The number of aromatic amines is 1. The normalized spacial score (nSPS) is 15.1. The van der Waals surface area contributed by atoms with E-state index in [1.54, 1.807) is 0 Å². The van der Waals surface area contributed by atoms with Gasteiger partial charge in [-0.15, -0.1) is 0 Å². The Morgan fingerprint density at radius 1 is 1.00 bits per heavy atom. The number of piperidine rings is 1. The Balaban J connectivity index is 1.20. The molecule has 2 heterocycles. The van der Waals surface area contributed by atoms with Crippen molar-refractivity contribution in [1.29, 1.82) is 0 Å². The van der Waals surface area contributed by atoms with Gasteiger partial charge in [-0.3, -0.25) is 0 Å². The van der Waals surface area contributed by atoms with E-state index in [2.05, 4.69) is 40.6 Å². The van der Waals surface area contributed by atoms with Gasteiger partial charge in [0.05, 0.1) is 11.0 Å². The molecule has 1 aromatic heterocycles. The molecule has 0 aliphatic carbocycles. The Hall–Kier alpha value is -3.34. The second-order valence-corrected chi connectivity index (χ2v) is 7.70. The molecule has 5 rings (SSSR count). The lowest BCUT2D eigenvalue weighted by Crippen LogP contribution is -2.43. The smallest absolute Gasteiger partial charge is 0.317 e. The van der Waals surface area contributed by atoms with Gasteiger partial charge in [-0.2, -0.15) is 0 Å². The van der Waals surface area contributed by atoms with Crippen LogP contribution in [0.3, 0.4) is 0 Å². The predicted octanol–water partition coefficient (Wildman–Crippen LogP) is 4.81. The van der Waals surface area contributed by atoms with E-state index in [0.717, 1.165) is 48.4 Å². The number of H-pyrrole nitrogens is 1. The first kappa shape index (κ1) is 17.7. The van der Waals surface area contributed by atoms with E-state index in [9.17, 15) is 4.79 Å². The van der Waals surface area contributed by atoms with Gasteiger partial charge in [-0.05, 0) is 41.3 Å². The van der Waals surface area contributed by atoms with Crippen LogP contribution in [-0.4, -0.2) is 34.0 Å². The molecule has 0 bridgehead atoms. The molecule has 0 saturated carbocycles. The van der Waals surface area contributed by atoms with Crippen molar-refractivity contribution >= 4 is 27.8 Å². The third-order valence-electron chi connectivity index (χ3n) is 5.89. The number of carbonyl (C=O) groups is 1. The van der Waals surface area contributed by atoms with Crippen molar-refractivity contribution in [2.75, 3.05) is 13.1 Å². The number of benzene rings is 3. The van der Waals surface area contributed by atoms with Gasteiger partial charge in [0.2, 0.25) is 0 Å². The second-order valence-electron chi connectivity index (χ2n) is 7.70. The van der Waals surface area contributed by atoms with E-state index in [1.807, 2.05) is 41.3 Å². The topological polar surface area (TPSA) is 61.0 Å². The highest BCUT2D eigenvalue weighted by atomic mass is 16.2. The quantitative estimate of drug-likeness (QED) is 0.533. The summed E-state index contributed by atoms with van der Waals surface area (Å²) in [6.07, 6.45) is 1.86. The van der Waals surface area contributed by atoms with Crippen LogP contribution < -0.4 is 5.32 Å². The second kappa shape index (κ2) is 7.59. The highest BCUT2D eigenvalue weighted by Gasteiger charge is 2.25. The molecule has 2 N–H and O–H groups in total. The van der Waals surface area contributed by atoms with Gasteiger partial charge in [0.15, 0.2) is 0 Å². The van der Waals surface area contributed by atoms with Crippen LogP contribution in [0.1, 0.15) is 30.1 Å². The van der Waals surface area contributed by atoms with Crippen LogP contribution in [0.5, 0.6) is 0 Å². The SMILES string of the molecule is O=C(NCc1cccc2ccccc12)N1CCC(c2nc3ccccc3[nH]2)CC1. The minimum Gasteiger partial charge on any atom is -0.342 e. The van der Waals surface area contributed by atoms with Gasteiger partial charge < -0.3 is 15.2 Å². The Labute approximate surface area is 169 Å². The van der Waals surface area contributed by atoms with Gasteiger partial charge in [-0.25, -0.2) is 9.78 Å². The van der Waals surface area contributed by atoms with E-state index in [1.165, 1.54) is 10.8 Å². The fraction of sp³-hybridized carbons (Fsp3) is 0.250. The van der Waals surface area contributed by atoms with Crippen LogP contribution in [-0.2, 0) is 6.54 Å². The molecule has 4 aromatic rings. The fourth-order valence-corrected chi connectivity index (χ4v) is 4.25. The van der Waals surface area contributed by atoms with Crippen LogP contribution in [0.2, 0.25) is 0 Å². The maximum atomic E-state index is 12.7. The Kier molecular flexibility index (Phi) is 4.64. The van der Waals surface area contributed by atoms with Crippen LogP contribution in [0, 0.1) is 0 Å². The minimum absolute atomic E-state index is 0.0148. The number of fused-ring (bicyclic) bond motifs is 2. The van der Waals surface area contributed by atoms with Gasteiger partial charge in [0, 0.05) is 25.6 Å². The summed E-state index contributed by atoms with van der Waals surface area (Å²) in [6.45, 7) is 2.05. The van der Waals surface area contributed by atoms with E-state index in [-0.39, 0.29) is 6.03 Å². The maximum absolute atomic E-state index is 12.7. The molecule has 0 spiro atoms. The van der Waals surface area contributed by atoms with E-state index in [0.29, 0.717) is 12.5 Å². The Morgan fingerprint density at radius 2 is 1.76 bits per heavy atom. The van der Waals surface area contributed by atoms with Crippen molar-refractivity contribution in [3.05, 3.63) is 78.1 Å². The standard InChI is InChI=1S/C24H24N4O/c29-24(25-16-19-8-5-7-17-6-1-2-9-20(17)19)28-14-12-18(13-15-28)23-26-21-10-3-4-11-22(21)27-23/h1-11,18H,12-16H2,(H,25,29)(H,26,27). The number of carbonyl (C=O) groups excluding carboxylic acids is 1. The summed E-state index contributed by atoms with van der Waals surface area (Å²) in [7, 11) is 0. The Bertz CT molecular complexity index is 1120. The highest BCUT2D eigenvalue weighted by molar-refractivity contribution is 5.86. The molecule has 2 amide bonds. The first-order valence-electron chi connectivity index (χ1n) is 10.2. The average molecular weight is 384 g/mol. The van der Waals surface area contributed by atoms with E-state index in [4.69, 9.17) is 4.98 Å². The number of aromatic nitrogens is 2. The monoisotopic (exact) mass is 384 g/mol. The van der Waals surface area contributed by atoms with E-state index < -0.39 is 0 Å². The summed E-state index contributed by atoms with van der Waals surface area (Å²) < 4.78 is 0. The summed E-state index contributed by atoms with van der Waals surface area (Å²) in [5.41, 5.74) is 3.24. The number of hydrogen-bond donors (Lipinski definition) is 2. The molecule has 1 saturated heterocycles. The molecule has 0 radical (unpaired) electrons. The van der Waals surface area contributed by atoms with Crippen molar-refractivity contribution in [2.45, 2.75) is 25.3 Å². The van der Waals surface area contributed by atoms with Crippen LogP contribution in [0.25, 0.3) is 21.8 Å². The zero-order valence-corrected chi connectivity index (χ0v) is 16.3. The number of rotatable bonds is 3. The molecular weight excluding hydrogens is 360 g/mol. The third-order valence-corrected chi connectivity index (χ3v) is 5.89. The average Bonchev–Trinajstić information content (AvgIpc) is 3.22. The summed E-state index contributed by atoms with van der Waals surface area (Å²) in [5.74, 6) is 1.42. The molecule has 5 nitrogen and oxygen atoms in total. The van der Waals surface area contributed by atoms with Gasteiger partial charge in [-0.1, -0.05) is 54.6 Å². The van der Waals surface area contributed by atoms with Crippen molar-refractivity contribution in [2.24, 2.45) is 0 Å². The van der Waals surface area contributed by atoms with Crippen LogP contribution >= 0.6 is 0 Å². The minimum atomic E-state index is 0.0148. The lowest BCUT2D eigenvalue weighted by Gasteiger charge is -2.31. The molecule has 1 aliphatic rings. The number of likely N-dealkylation sites (tertiary alicyclic amines) is 1. The maximum Gasteiger partial charge on any atom is 0.317 e. The van der Waals surface area contributed by atoms with Crippen molar-refractivity contribution in [3.63, 3.8) is 0 Å². The van der Waals surface area contributed by atoms with Crippen molar-refractivity contribution in [3.8, 4) is 0 Å². The molecule has 146 valence electrons. The molecule has 29 heavy (non-hydrogen) atoms. The van der Waals surface area contributed by atoms with Gasteiger partial charge >= 0.3 is 6.03 Å². The van der Waals surface area contributed by atoms with Crippen molar-refractivity contribution < 1.29 is 4.79 Å². The van der Waals surface area contributed by atoms with Gasteiger partial charge in [0.25, 0.3) is 0 Å². The number of nitrogens with one attached hydrogen (secondary N) is 2. The molecule has 5 heteroatoms. The molecule has 0 unspecified atom stereocenters. The van der Waals surface area contributed by atoms with Crippen molar-refractivity contribution in [1.82, 2.24) is 20.2 Å². The summed E-state index contributed by atoms with van der Waals surface area (Å²) in [6, 6.07) is 22.6. The molecule has 1 aliphatic heterocycles. The summed E-state index contributed by atoms with van der Waals surface area (Å²) in [4.78, 5) is 22.8. The van der Waals surface area contributed by atoms with E-state index >= 15 is 0 Å². The summed E-state index contributed by atoms with van der Waals surface area (Å²) in [5, 5.41) is 5.49. The van der Waals surface area contributed by atoms with Crippen LogP contribution in [0.4, 0.5) is 4.79 Å². The number of amides is 2. The Morgan fingerprint density at radius 3 is 2.62 bits per heavy atom. The number of urea groups is 1. The molecule has 3 aromatic carbocycles. The third kappa shape index (κ3) is 3.56. The lowest BCUT2D eigenvalue weighted by molar-refractivity contribution is 0.180. The number of para-hydroxylation sites is 2. The number of imidazole rings is 1. The first-order chi connectivity index (χ1) is 14.3. The molecule has 0 atom stereocenters. The zero-order chi connectivity index (χ0) is 19.6. The highest BCUT2D eigenvalue weighted by Crippen LogP contribution is 2.27. The van der Waals surface area contributed by atoms with Gasteiger partial charge in [0.1, 0.15) is 5.82 Å². The molecule has 1 fully saturated rings. The first-order valence-corrected chi connectivity index (χ1v) is 10.2.